The van der Waals surface area contributed by atoms with Crippen LogP contribution in [-0.2, 0) is 4.79 Å². The Kier molecular flexibility index (Phi) is 6.15. The van der Waals surface area contributed by atoms with Crippen molar-refractivity contribution < 1.29 is 4.79 Å². The molecule has 0 radical (unpaired) electrons. The highest BCUT2D eigenvalue weighted by atomic mass is 79.9. The third kappa shape index (κ3) is 5.28. The summed E-state index contributed by atoms with van der Waals surface area (Å²) >= 11 is 3.32. The highest BCUT2D eigenvalue weighted by Gasteiger charge is 2.04. The molecule has 1 aromatic heterocycles. The molecule has 1 heterocycles. The van der Waals surface area contributed by atoms with Crippen molar-refractivity contribution in [1.29, 1.82) is 0 Å². The van der Waals surface area contributed by atoms with Crippen molar-refractivity contribution >= 4 is 27.5 Å². The minimum absolute atomic E-state index is 0.0329. The van der Waals surface area contributed by atoms with Crippen molar-refractivity contribution in [2.45, 2.75) is 32.6 Å². The maximum Gasteiger partial charge on any atom is 0.224 e. The molecule has 4 nitrogen and oxygen atoms in total. The van der Waals surface area contributed by atoms with Crippen LogP contribution in [0, 0.1) is 6.92 Å². The molecule has 0 aliphatic rings. The molecule has 5 heteroatoms. The van der Waals surface area contributed by atoms with E-state index in [9.17, 15) is 4.79 Å². The number of anilines is 1. The van der Waals surface area contributed by atoms with Crippen LogP contribution < -0.4 is 11.1 Å². The van der Waals surface area contributed by atoms with Crippen LogP contribution in [0.1, 0.15) is 31.2 Å². The first-order valence-corrected chi connectivity index (χ1v) is 6.55. The number of nitrogens with two attached hydrogens (primary N) is 1. The average molecular weight is 300 g/mol. The standard InChI is InChI=1S/C12H18BrN3O/c1-9-7-10(8-15-12(9)13)16-11(17)5-3-2-4-6-14/h7-8H,2-6,14H2,1H3,(H,16,17). The number of carbonyl (C=O) groups excluding carboxylic acids is 1. The summed E-state index contributed by atoms with van der Waals surface area (Å²) < 4.78 is 0.804. The predicted molar refractivity (Wildman–Crippen MR) is 72.8 cm³/mol. The highest BCUT2D eigenvalue weighted by molar-refractivity contribution is 9.10. The van der Waals surface area contributed by atoms with Crippen molar-refractivity contribution in [2.24, 2.45) is 5.73 Å². The minimum atomic E-state index is 0.0329. The second kappa shape index (κ2) is 7.40. The summed E-state index contributed by atoms with van der Waals surface area (Å²) in [4.78, 5) is 15.7. The fourth-order valence-corrected chi connectivity index (χ4v) is 1.67. The molecule has 0 unspecified atom stereocenters. The lowest BCUT2D eigenvalue weighted by atomic mass is 10.2. The quantitative estimate of drug-likeness (QED) is 0.627. The Morgan fingerprint density at radius 1 is 1.47 bits per heavy atom. The second-order valence-electron chi connectivity index (χ2n) is 3.98. The maximum atomic E-state index is 11.6. The summed E-state index contributed by atoms with van der Waals surface area (Å²) in [7, 11) is 0. The summed E-state index contributed by atoms with van der Waals surface area (Å²) in [5.41, 5.74) is 7.14. The van der Waals surface area contributed by atoms with E-state index in [-0.39, 0.29) is 5.91 Å². The van der Waals surface area contributed by atoms with Gasteiger partial charge in [0.25, 0.3) is 0 Å². The number of hydrogen-bond donors (Lipinski definition) is 2. The molecule has 0 spiro atoms. The number of aryl methyl sites for hydroxylation is 1. The van der Waals surface area contributed by atoms with Gasteiger partial charge in [0.05, 0.1) is 11.9 Å². The van der Waals surface area contributed by atoms with E-state index in [2.05, 4.69) is 26.2 Å². The van der Waals surface area contributed by atoms with E-state index >= 15 is 0 Å². The van der Waals surface area contributed by atoms with E-state index in [0.29, 0.717) is 13.0 Å². The molecule has 0 fully saturated rings. The van der Waals surface area contributed by atoms with Crippen molar-refractivity contribution in [1.82, 2.24) is 4.98 Å². The molecule has 0 bridgehead atoms. The van der Waals surface area contributed by atoms with E-state index < -0.39 is 0 Å². The first-order chi connectivity index (χ1) is 8.13. The fraction of sp³-hybridized carbons (Fsp3) is 0.500. The summed E-state index contributed by atoms with van der Waals surface area (Å²) in [6.07, 6.45) is 5.05. The molecule has 0 aromatic carbocycles. The molecule has 17 heavy (non-hydrogen) atoms. The van der Waals surface area contributed by atoms with Gasteiger partial charge in [-0.2, -0.15) is 0 Å². The van der Waals surface area contributed by atoms with Gasteiger partial charge in [0.1, 0.15) is 4.60 Å². The van der Waals surface area contributed by atoms with Crippen LogP contribution in [0.3, 0.4) is 0 Å². The Hall–Kier alpha value is -0.940. The molecular weight excluding hydrogens is 282 g/mol. The van der Waals surface area contributed by atoms with Gasteiger partial charge in [-0.25, -0.2) is 4.98 Å². The van der Waals surface area contributed by atoms with E-state index in [1.807, 2.05) is 13.0 Å². The number of rotatable bonds is 6. The van der Waals surface area contributed by atoms with Crippen LogP contribution in [0.5, 0.6) is 0 Å². The van der Waals surface area contributed by atoms with Crippen molar-refractivity contribution in [3.05, 3.63) is 22.4 Å². The van der Waals surface area contributed by atoms with Gasteiger partial charge in [-0.1, -0.05) is 6.42 Å². The van der Waals surface area contributed by atoms with Gasteiger partial charge < -0.3 is 11.1 Å². The lowest BCUT2D eigenvalue weighted by Crippen LogP contribution is -2.11. The zero-order valence-corrected chi connectivity index (χ0v) is 11.6. The third-order valence-corrected chi connectivity index (χ3v) is 3.24. The predicted octanol–water partition coefficient (Wildman–Crippen LogP) is 2.61. The van der Waals surface area contributed by atoms with Gasteiger partial charge in [-0.05, 0) is 53.9 Å². The minimum Gasteiger partial charge on any atom is -0.330 e. The van der Waals surface area contributed by atoms with E-state index in [0.717, 1.165) is 35.1 Å². The smallest absolute Gasteiger partial charge is 0.224 e. The van der Waals surface area contributed by atoms with E-state index in [4.69, 9.17) is 5.73 Å². The molecule has 1 amide bonds. The molecule has 1 rings (SSSR count). The molecule has 0 aliphatic heterocycles. The summed E-state index contributed by atoms with van der Waals surface area (Å²) in [6.45, 7) is 2.63. The van der Waals surface area contributed by atoms with Crippen LogP contribution in [0.2, 0.25) is 0 Å². The first-order valence-electron chi connectivity index (χ1n) is 5.75. The van der Waals surface area contributed by atoms with Crippen LogP contribution in [-0.4, -0.2) is 17.4 Å². The number of nitrogens with zero attached hydrogens (tertiary/aromatic N) is 1. The number of hydrogen-bond acceptors (Lipinski definition) is 3. The number of nitrogens with one attached hydrogen (secondary N) is 1. The molecule has 0 aliphatic carbocycles. The van der Waals surface area contributed by atoms with E-state index in [1.54, 1.807) is 6.20 Å². The Morgan fingerprint density at radius 3 is 2.88 bits per heavy atom. The second-order valence-corrected chi connectivity index (χ2v) is 4.73. The molecular formula is C12H18BrN3O. The van der Waals surface area contributed by atoms with Crippen LogP contribution in [0.25, 0.3) is 0 Å². The normalized spacial score (nSPS) is 10.3. The van der Waals surface area contributed by atoms with Gasteiger partial charge in [0, 0.05) is 6.42 Å². The molecule has 94 valence electrons. The number of halogens is 1. The topological polar surface area (TPSA) is 68.0 Å². The Morgan fingerprint density at radius 2 is 2.24 bits per heavy atom. The fourth-order valence-electron chi connectivity index (χ4n) is 1.46. The van der Waals surface area contributed by atoms with Crippen LogP contribution in [0.15, 0.2) is 16.9 Å². The Balaban J connectivity index is 2.37. The first kappa shape index (κ1) is 14.1. The maximum absolute atomic E-state index is 11.6. The van der Waals surface area contributed by atoms with Crippen molar-refractivity contribution in [3.63, 3.8) is 0 Å². The van der Waals surface area contributed by atoms with Crippen molar-refractivity contribution in [3.8, 4) is 0 Å². The summed E-state index contributed by atoms with van der Waals surface area (Å²) in [6, 6.07) is 1.90. The molecule has 1 aromatic rings. The van der Waals surface area contributed by atoms with Crippen molar-refractivity contribution in [2.75, 3.05) is 11.9 Å². The van der Waals surface area contributed by atoms with Gasteiger partial charge >= 0.3 is 0 Å². The van der Waals surface area contributed by atoms with Crippen LogP contribution in [0.4, 0.5) is 5.69 Å². The number of unbranched alkanes of at least 4 members (excludes halogenated alkanes) is 2. The van der Waals surface area contributed by atoms with Gasteiger partial charge in [-0.15, -0.1) is 0 Å². The zero-order chi connectivity index (χ0) is 12.7. The van der Waals surface area contributed by atoms with Gasteiger partial charge in [-0.3, -0.25) is 4.79 Å². The number of amides is 1. The number of pyridine rings is 1. The average Bonchev–Trinajstić information content (AvgIpc) is 2.30. The largest absolute Gasteiger partial charge is 0.330 e. The Bertz CT molecular complexity index is 382. The van der Waals surface area contributed by atoms with Gasteiger partial charge in [0.15, 0.2) is 0 Å². The SMILES string of the molecule is Cc1cc(NC(=O)CCCCCN)cnc1Br. The van der Waals surface area contributed by atoms with E-state index in [1.165, 1.54) is 0 Å². The third-order valence-electron chi connectivity index (χ3n) is 2.41. The lowest BCUT2D eigenvalue weighted by molar-refractivity contribution is -0.116. The van der Waals surface area contributed by atoms with Gasteiger partial charge in [0.2, 0.25) is 5.91 Å². The lowest BCUT2D eigenvalue weighted by Gasteiger charge is -2.06. The summed E-state index contributed by atoms with van der Waals surface area (Å²) in [5.74, 6) is 0.0329. The van der Waals surface area contributed by atoms with Crippen LogP contribution >= 0.6 is 15.9 Å². The highest BCUT2D eigenvalue weighted by Crippen LogP contribution is 2.17. The molecule has 0 atom stereocenters. The molecule has 0 saturated heterocycles. The zero-order valence-electron chi connectivity index (χ0n) is 10.0. The molecule has 0 saturated carbocycles. The molecule has 3 N–H and O–H groups in total. The number of aromatic nitrogens is 1. The Labute approximate surface area is 110 Å². The number of carbonyl (C=O) groups is 1. The summed E-state index contributed by atoms with van der Waals surface area (Å²) in [5, 5.41) is 2.83. The monoisotopic (exact) mass is 299 g/mol.